The van der Waals surface area contributed by atoms with Crippen LogP contribution in [0.15, 0.2) is 28.8 Å². The minimum Gasteiger partial charge on any atom is -0.497 e. The Hall–Kier alpha value is -2.90. The molecule has 3 rings (SSSR count). The predicted molar refractivity (Wildman–Crippen MR) is 91.5 cm³/mol. The van der Waals surface area contributed by atoms with Gasteiger partial charge in [0.1, 0.15) is 11.8 Å². The van der Waals surface area contributed by atoms with Gasteiger partial charge >= 0.3 is 5.97 Å². The van der Waals surface area contributed by atoms with Crippen molar-refractivity contribution in [3.05, 3.63) is 30.2 Å². The standard InChI is InChI=1S/C18H21N3O5/c1-25-13-9-7-12(8-10-13)17-20-15(26-21-17)4-2-3-14(22)19-16(18(23)24)11-5-6-11/h7-11,16H,2-6H2,1H3,(H,19,22)(H,23,24). The normalized spacial score (nSPS) is 14.7. The Bertz CT molecular complexity index is 767. The average Bonchev–Trinajstić information content (AvgIpc) is 3.37. The van der Waals surface area contributed by atoms with Crippen LogP contribution in [0.3, 0.4) is 0 Å². The summed E-state index contributed by atoms with van der Waals surface area (Å²) in [5, 5.41) is 15.7. The van der Waals surface area contributed by atoms with Gasteiger partial charge in [-0.2, -0.15) is 4.98 Å². The molecule has 1 amide bonds. The van der Waals surface area contributed by atoms with Gasteiger partial charge in [0.15, 0.2) is 0 Å². The van der Waals surface area contributed by atoms with Gasteiger partial charge in [0.2, 0.25) is 17.6 Å². The van der Waals surface area contributed by atoms with Crippen LogP contribution in [0, 0.1) is 5.92 Å². The highest BCUT2D eigenvalue weighted by atomic mass is 16.5. The van der Waals surface area contributed by atoms with E-state index < -0.39 is 12.0 Å². The number of aryl methyl sites for hydroxylation is 1. The summed E-state index contributed by atoms with van der Waals surface area (Å²) in [7, 11) is 1.60. The Labute approximate surface area is 150 Å². The summed E-state index contributed by atoms with van der Waals surface area (Å²) in [6.07, 6.45) is 2.89. The van der Waals surface area contributed by atoms with Crippen molar-refractivity contribution in [1.82, 2.24) is 15.5 Å². The summed E-state index contributed by atoms with van der Waals surface area (Å²) in [5.74, 6) is 0.502. The third-order valence-corrected chi connectivity index (χ3v) is 4.29. The van der Waals surface area contributed by atoms with Crippen LogP contribution in [0.1, 0.15) is 31.6 Å². The number of carboxylic acids is 1. The van der Waals surface area contributed by atoms with Crippen molar-refractivity contribution in [2.24, 2.45) is 5.92 Å². The quantitative estimate of drug-likeness (QED) is 0.704. The van der Waals surface area contributed by atoms with Crippen molar-refractivity contribution in [1.29, 1.82) is 0 Å². The van der Waals surface area contributed by atoms with E-state index in [0.717, 1.165) is 24.2 Å². The van der Waals surface area contributed by atoms with Crippen LogP contribution in [0.2, 0.25) is 0 Å². The first-order valence-electron chi connectivity index (χ1n) is 8.56. The molecule has 1 aliphatic rings. The fourth-order valence-corrected chi connectivity index (χ4v) is 2.67. The van der Waals surface area contributed by atoms with Gasteiger partial charge in [-0.05, 0) is 49.4 Å². The number of aromatic nitrogens is 2. The number of rotatable bonds is 9. The van der Waals surface area contributed by atoms with Gasteiger partial charge in [0.25, 0.3) is 0 Å². The zero-order chi connectivity index (χ0) is 18.5. The van der Waals surface area contributed by atoms with E-state index in [1.165, 1.54) is 0 Å². The van der Waals surface area contributed by atoms with E-state index in [-0.39, 0.29) is 18.2 Å². The summed E-state index contributed by atoms with van der Waals surface area (Å²) in [5.41, 5.74) is 0.812. The summed E-state index contributed by atoms with van der Waals surface area (Å²) in [6, 6.07) is 6.53. The second-order valence-corrected chi connectivity index (χ2v) is 6.31. The summed E-state index contributed by atoms with van der Waals surface area (Å²) < 4.78 is 10.3. The predicted octanol–water partition coefficient (Wildman–Crippen LogP) is 2.05. The number of methoxy groups -OCH3 is 1. The molecule has 1 aromatic carbocycles. The number of carboxylic acid groups (broad SMARTS) is 1. The van der Waals surface area contributed by atoms with Gasteiger partial charge < -0.3 is 19.7 Å². The van der Waals surface area contributed by atoms with Gasteiger partial charge in [0, 0.05) is 18.4 Å². The number of hydrogen-bond donors (Lipinski definition) is 2. The molecule has 2 N–H and O–H groups in total. The van der Waals surface area contributed by atoms with Crippen molar-refractivity contribution >= 4 is 11.9 Å². The molecule has 1 unspecified atom stereocenters. The third kappa shape index (κ3) is 4.59. The van der Waals surface area contributed by atoms with Gasteiger partial charge in [-0.15, -0.1) is 0 Å². The zero-order valence-corrected chi connectivity index (χ0v) is 14.5. The first-order chi connectivity index (χ1) is 12.6. The Kier molecular flexibility index (Phi) is 5.50. The lowest BCUT2D eigenvalue weighted by molar-refractivity contribution is -0.142. The number of nitrogens with zero attached hydrogens (tertiary/aromatic N) is 2. The summed E-state index contributed by atoms with van der Waals surface area (Å²) >= 11 is 0. The highest BCUT2D eigenvalue weighted by Crippen LogP contribution is 2.32. The van der Waals surface area contributed by atoms with Crippen LogP contribution >= 0.6 is 0 Å². The largest absolute Gasteiger partial charge is 0.497 e. The van der Waals surface area contributed by atoms with Gasteiger partial charge in [0.05, 0.1) is 7.11 Å². The number of ether oxygens (including phenoxy) is 1. The highest BCUT2D eigenvalue weighted by Gasteiger charge is 2.37. The molecule has 0 saturated heterocycles. The molecule has 1 aromatic heterocycles. The minimum absolute atomic E-state index is 0.0689. The van der Waals surface area contributed by atoms with E-state index in [1.54, 1.807) is 7.11 Å². The lowest BCUT2D eigenvalue weighted by Crippen LogP contribution is -2.42. The number of carbonyl (C=O) groups is 2. The maximum atomic E-state index is 11.9. The topological polar surface area (TPSA) is 115 Å². The van der Waals surface area contributed by atoms with Crippen LogP contribution in [-0.4, -0.2) is 40.3 Å². The van der Waals surface area contributed by atoms with Crippen LogP contribution < -0.4 is 10.1 Å². The van der Waals surface area contributed by atoms with Gasteiger partial charge in [-0.25, -0.2) is 4.79 Å². The minimum atomic E-state index is -0.970. The fraction of sp³-hybridized carbons (Fsp3) is 0.444. The SMILES string of the molecule is COc1ccc(-c2noc(CCCC(=O)NC(C(=O)O)C3CC3)n2)cc1. The number of aliphatic carboxylic acids is 1. The molecule has 26 heavy (non-hydrogen) atoms. The number of carbonyl (C=O) groups excluding carboxylic acids is 1. The number of amides is 1. The molecule has 0 aliphatic heterocycles. The second kappa shape index (κ2) is 7.99. The van der Waals surface area contributed by atoms with Crippen LogP contribution in [0.4, 0.5) is 0 Å². The summed E-state index contributed by atoms with van der Waals surface area (Å²) in [4.78, 5) is 27.4. The smallest absolute Gasteiger partial charge is 0.326 e. The molecule has 0 radical (unpaired) electrons. The molecular formula is C18H21N3O5. The molecule has 1 aliphatic carbocycles. The number of benzene rings is 1. The molecule has 8 nitrogen and oxygen atoms in total. The maximum Gasteiger partial charge on any atom is 0.326 e. The monoisotopic (exact) mass is 359 g/mol. The van der Waals surface area contributed by atoms with E-state index in [1.807, 2.05) is 24.3 Å². The second-order valence-electron chi connectivity index (χ2n) is 6.31. The van der Waals surface area contributed by atoms with E-state index in [2.05, 4.69) is 15.5 Å². The molecule has 1 fully saturated rings. The lowest BCUT2D eigenvalue weighted by Gasteiger charge is -2.13. The van der Waals surface area contributed by atoms with Crippen LogP contribution in [0.5, 0.6) is 5.75 Å². The molecular weight excluding hydrogens is 338 g/mol. The third-order valence-electron chi connectivity index (χ3n) is 4.29. The number of hydrogen-bond acceptors (Lipinski definition) is 6. The van der Waals surface area contributed by atoms with Crippen molar-refractivity contribution in [3.8, 4) is 17.1 Å². The summed E-state index contributed by atoms with van der Waals surface area (Å²) in [6.45, 7) is 0. The molecule has 0 spiro atoms. The van der Waals surface area contributed by atoms with Gasteiger partial charge in [-0.3, -0.25) is 4.79 Å². The number of nitrogens with one attached hydrogen (secondary N) is 1. The molecule has 138 valence electrons. The Morgan fingerprint density at radius 2 is 2.08 bits per heavy atom. The lowest BCUT2D eigenvalue weighted by atomic mass is 10.1. The maximum absolute atomic E-state index is 11.9. The van der Waals surface area contributed by atoms with Gasteiger partial charge in [-0.1, -0.05) is 5.16 Å². The van der Waals surface area contributed by atoms with Crippen molar-refractivity contribution in [2.45, 2.75) is 38.1 Å². The van der Waals surface area contributed by atoms with E-state index in [0.29, 0.717) is 24.6 Å². The van der Waals surface area contributed by atoms with Crippen LogP contribution in [-0.2, 0) is 16.0 Å². The van der Waals surface area contributed by atoms with E-state index in [9.17, 15) is 9.59 Å². The van der Waals surface area contributed by atoms with Crippen molar-refractivity contribution in [3.63, 3.8) is 0 Å². The first-order valence-corrected chi connectivity index (χ1v) is 8.56. The Balaban J connectivity index is 1.47. The van der Waals surface area contributed by atoms with Crippen molar-refractivity contribution in [2.75, 3.05) is 7.11 Å². The van der Waals surface area contributed by atoms with E-state index >= 15 is 0 Å². The molecule has 8 heteroatoms. The molecule has 0 bridgehead atoms. The zero-order valence-electron chi connectivity index (χ0n) is 14.5. The average molecular weight is 359 g/mol. The Morgan fingerprint density at radius 1 is 1.35 bits per heavy atom. The molecule has 1 saturated carbocycles. The van der Waals surface area contributed by atoms with Crippen molar-refractivity contribution < 1.29 is 24.0 Å². The molecule has 2 aromatic rings. The Morgan fingerprint density at radius 3 is 2.69 bits per heavy atom. The highest BCUT2D eigenvalue weighted by molar-refractivity contribution is 5.84. The van der Waals surface area contributed by atoms with E-state index in [4.69, 9.17) is 14.4 Å². The first kappa shape index (κ1) is 17.9. The molecule has 1 atom stereocenters. The molecule has 1 heterocycles. The fourth-order valence-electron chi connectivity index (χ4n) is 2.67. The van der Waals surface area contributed by atoms with Crippen LogP contribution in [0.25, 0.3) is 11.4 Å².